The fraction of sp³-hybridized carbons (Fsp3) is 0.250. The minimum Gasteiger partial charge on any atom is -0.465 e. The van der Waals surface area contributed by atoms with Gasteiger partial charge < -0.3 is 14.5 Å². The van der Waals surface area contributed by atoms with Gasteiger partial charge in [0.2, 0.25) is 0 Å². The summed E-state index contributed by atoms with van der Waals surface area (Å²) in [4.78, 5) is 11.5. The molecule has 0 aliphatic rings. The second-order valence-electron chi connectivity index (χ2n) is 4.56. The Morgan fingerprint density at radius 3 is 2.71 bits per heavy atom. The van der Waals surface area contributed by atoms with Gasteiger partial charge in [0.05, 0.1) is 26.1 Å². The largest absolute Gasteiger partial charge is 0.465 e. The predicted octanol–water partition coefficient (Wildman–Crippen LogP) is 3.05. The molecule has 5 heteroatoms. The standard InChI is InChI=1S/C16H16N2O3/c1-11-15(16(19)20-2)9-14(21-11)10-18-13-5-3-12(4-6-13)7-8-17/h3-6,9,18H,7,10H2,1-2H3. The van der Waals surface area contributed by atoms with E-state index in [0.29, 0.717) is 30.0 Å². The van der Waals surface area contributed by atoms with E-state index in [0.717, 1.165) is 11.3 Å². The van der Waals surface area contributed by atoms with E-state index < -0.39 is 5.97 Å². The van der Waals surface area contributed by atoms with Crippen LogP contribution in [0, 0.1) is 18.3 Å². The quantitative estimate of drug-likeness (QED) is 0.854. The molecule has 1 aromatic carbocycles. The molecule has 0 atom stereocenters. The van der Waals surface area contributed by atoms with Crippen LogP contribution in [0.4, 0.5) is 5.69 Å². The van der Waals surface area contributed by atoms with Crippen molar-refractivity contribution in [2.24, 2.45) is 0 Å². The van der Waals surface area contributed by atoms with E-state index in [2.05, 4.69) is 16.1 Å². The average Bonchev–Trinajstić information content (AvgIpc) is 2.87. The van der Waals surface area contributed by atoms with Gasteiger partial charge in [-0.15, -0.1) is 0 Å². The summed E-state index contributed by atoms with van der Waals surface area (Å²) in [6.45, 7) is 2.20. The van der Waals surface area contributed by atoms with E-state index in [9.17, 15) is 4.79 Å². The number of aryl methyl sites for hydroxylation is 1. The van der Waals surface area contributed by atoms with Crippen LogP contribution in [-0.2, 0) is 17.7 Å². The van der Waals surface area contributed by atoms with E-state index in [1.807, 2.05) is 24.3 Å². The molecule has 1 N–H and O–H groups in total. The van der Waals surface area contributed by atoms with Crippen molar-refractivity contribution in [1.29, 1.82) is 5.26 Å². The number of methoxy groups -OCH3 is 1. The fourth-order valence-electron chi connectivity index (χ4n) is 1.96. The number of esters is 1. The second-order valence-corrected chi connectivity index (χ2v) is 4.56. The summed E-state index contributed by atoms with van der Waals surface area (Å²) in [7, 11) is 1.34. The van der Waals surface area contributed by atoms with E-state index >= 15 is 0 Å². The highest BCUT2D eigenvalue weighted by Gasteiger charge is 2.14. The molecule has 0 aliphatic heterocycles. The lowest BCUT2D eigenvalue weighted by atomic mass is 10.1. The van der Waals surface area contributed by atoms with Crippen molar-refractivity contribution in [3.05, 3.63) is 53.0 Å². The molecular formula is C16H16N2O3. The van der Waals surface area contributed by atoms with Gasteiger partial charge in [-0.3, -0.25) is 0 Å². The summed E-state index contributed by atoms with van der Waals surface area (Å²) in [5.74, 6) is 0.806. The zero-order chi connectivity index (χ0) is 15.2. The normalized spacial score (nSPS) is 9.95. The van der Waals surface area contributed by atoms with Crippen molar-refractivity contribution in [1.82, 2.24) is 0 Å². The van der Waals surface area contributed by atoms with Gasteiger partial charge in [-0.25, -0.2) is 4.79 Å². The number of hydrogen-bond donors (Lipinski definition) is 1. The number of rotatable bonds is 5. The summed E-state index contributed by atoms with van der Waals surface area (Å²) in [6.07, 6.45) is 0.403. The Kier molecular flexibility index (Phi) is 4.62. The zero-order valence-corrected chi connectivity index (χ0v) is 12.0. The summed E-state index contributed by atoms with van der Waals surface area (Å²) >= 11 is 0. The first-order chi connectivity index (χ1) is 10.1. The van der Waals surface area contributed by atoms with Crippen molar-refractivity contribution in [2.75, 3.05) is 12.4 Å². The Morgan fingerprint density at radius 2 is 2.10 bits per heavy atom. The first-order valence-electron chi connectivity index (χ1n) is 6.51. The number of furan rings is 1. The molecule has 108 valence electrons. The highest BCUT2D eigenvalue weighted by Crippen LogP contribution is 2.17. The molecule has 0 saturated carbocycles. The van der Waals surface area contributed by atoms with Crippen LogP contribution >= 0.6 is 0 Å². The summed E-state index contributed by atoms with van der Waals surface area (Å²) < 4.78 is 10.2. The van der Waals surface area contributed by atoms with Crippen molar-refractivity contribution < 1.29 is 13.9 Å². The van der Waals surface area contributed by atoms with Crippen LogP contribution in [0.25, 0.3) is 0 Å². The Labute approximate surface area is 123 Å². The van der Waals surface area contributed by atoms with Crippen LogP contribution < -0.4 is 5.32 Å². The number of nitriles is 1. The number of nitrogens with zero attached hydrogens (tertiary/aromatic N) is 1. The van der Waals surface area contributed by atoms with Crippen LogP contribution in [0.15, 0.2) is 34.7 Å². The molecule has 0 bridgehead atoms. The molecule has 2 aromatic rings. The SMILES string of the molecule is COC(=O)c1cc(CNc2ccc(CC#N)cc2)oc1C. The van der Waals surface area contributed by atoms with Crippen molar-refractivity contribution in [2.45, 2.75) is 19.9 Å². The number of anilines is 1. The maximum atomic E-state index is 11.5. The minimum absolute atomic E-state index is 0.400. The number of nitrogens with one attached hydrogen (secondary N) is 1. The van der Waals surface area contributed by atoms with Gasteiger partial charge in [-0.2, -0.15) is 5.26 Å². The third-order valence-electron chi connectivity index (χ3n) is 3.08. The number of carbonyl (C=O) groups excluding carboxylic acids is 1. The summed E-state index contributed by atoms with van der Waals surface area (Å²) in [5, 5.41) is 11.8. The first kappa shape index (κ1) is 14.7. The Morgan fingerprint density at radius 1 is 1.38 bits per heavy atom. The molecule has 2 rings (SSSR count). The first-order valence-corrected chi connectivity index (χ1v) is 6.51. The molecule has 0 saturated heterocycles. The van der Waals surface area contributed by atoms with Gasteiger partial charge in [0.15, 0.2) is 0 Å². The molecule has 1 aromatic heterocycles. The molecule has 0 unspecified atom stereocenters. The van der Waals surface area contributed by atoms with E-state index in [4.69, 9.17) is 9.68 Å². The second kappa shape index (κ2) is 6.62. The van der Waals surface area contributed by atoms with Crippen molar-refractivity contribution >= 4 is 11.7 Å². The highest BCUT2D eigenvalue weighted by atomic mass is 16.5. The molecule has 5 nitrogen and oxygen atoms in total. The molecular weight excluding hydrogens is 268 g/mol. The number of hydrogen-bond acceptors (Lipinski definition) is 5. The van der Waals surface area contributed by atoms with Crippen molar-refractivity contribution in [3.8, 4) is 6.07 Å². The maximum Gasteiger partial charge on any atom is 0.341 e. The summed E-state index contributed by atoms with van der Waals surface area (Å²) in [5.41, 5.74) is 2.34. The third-order valence-corrected chi connectivity index (χ3v) is 3.08. The number of ether oxygens (including phenoxy) is 1. The van der Waals surface area contributed by atoms with Crippen LogP contribution in [-0.4, -0.2) is 13.1 Å². The van der Waals surface area contributed by atoms with Crippen LogP contribution in [0.2, 0.25) is 0 Å². The zero-order valence-electron chi connectivity index (χ0n) is 12.0. The predicted molar refractivity (Wildman–Crippen MR) is 77.9 cm³/mol. The lowest BCUT2D eigenvalue weighted by Crippen LogP contribution is -2.01. The van der Waals surface area contributed by atoms with Crippen LogP contribution in [0.3, 0.4) is 0 Å². The topological polar surface area (TPSA) is 75.3 Å². The fourth-order valence-corrected chi connectivity index (χ4v) is 1.96. The van der Waals surface area contributed by atoms with Gasteiger partial charge >= 0.3 is 5.97 Å². The summed E-state index contributed by atoms with van der Waals surface area (Å²) in [6, 6.07) is 11.4. The van der Waals surface area contributed by atoms with Gasteiger partial charge in [0.25, 0.3) is 0 Å². The number of carbonyl (C=O) groups is 1. The number of benzene rings is 1. The molecule has 21 heavy (non-hydrogen) atoms. The maximum absolute atomic E-state index is 11.5. The Hall–Kier alpha value is -2.74. The van der Waals surface area contributed by atoms with Gasteiger partial charge in [-0.1, -0.05) is 12.1 Å². The molecule has 0 aliphatic carbocycles. The molecule has 0 spiro atoms. The van der Waals surface area contributed by atoms with Crippen molar-refractivity contribution in [3.63, 3.8) is 0 Å². The van der Waals surface area contributed by atoms with Gasteiger partial charge in [-0.05, 0) is 30.7 Å². The smallest absolute Gasteiger partial charge is 0.341 e. The van der Waals surface area contributed by atoms with E-state index in [-0.39, 0.29) is 0 Å². The lowest BCUT2D eigenvalue weighted by Gasteiger charge is -2.04. The average molecular weight is 284 g/mol. The van der Waals surface area contributed by atoms with Crippen LogP contribution in [0.5, 0.6) is 0 Å². The van der Waals surface area contributed by atoms with E-state index in [1.54, 1.807) is 13.0 Å². The van der Waals surface area contributed by atoms with E-state index in [1.165, 1.54) is 7.11 Å². The molecule has 1 heterocycles. The lowest BCUT2D eigenvalue weighted by molar-refractivity contribution is 0.0599. The highest BCUT2D eigenvalue weighted by molar-refractivity contribution is 5.90. The molecule has 0 fully saturated rings. The minimum atomic E-state index is -0.400. The third kappa shape index (κ3) is 3.63. The Bertz CT molecular complexity index is 666. The van der Waals surface area contributed by atoms with Crippen LogP contribution in [0.1, 0.15) is 27.4 Å². The molecule has 0 radical (unpaired) electrons. The molecule has 0 amide bonds. The van der Waals surface area contributed by atoms with Gasteiger partial charge in [0.1, 0.15) is 17.1 Å². The Balaban J connectivity index is 2.00. The monoisotopic (exact) mass is 284 g/mol. The van der Waals surface area contributed by atoms with Gasteiger partial charge in [0, 0.05) is 5.69 Å².